The van der Waals surface area contributed by atoms with Crippen LogP contribution in [0.5, 0.6) is 0 Å². The van der Waals surface area contributed by atoms with E-state index in [1.54, 1.807) is 18.3 Å². The fourth-order valence-corrected chi connectivity index (χ4v) is 1.90. The molecule has 0 radical (unpaired) electrons. The van der Waals surface area contributed by atoms with Gasteiger partial charge in [0.25, 0.3) is 5.91 Å². The van der Waals surface area contributed by atoms with Crippen LogP contribution in [0.3, 0.4) is 0 Å². The molecule has 0 bridgehead atoms. The maximum atomic E-state index is 13.4. The molecule has 0 spiro atoms. The van der Waals surface area contributed by atoms with E-state index >= 15 is 0 Å². The number of halogens is 1. The summed E-state index contributed by atoms with van der Waals surface area (Å²) in [6.45, 7) is 0.390. The van der Waals surface area contributed by atoms with Gasteiger partial charge in [0.1, 0.15) is 5.82 Å². The van der Waals surface area contributed by atoms with Gasteiger partial charge in [-0.3, -0.25) is 14.6 Å². The summed E-state index contributed by atoms with van der Waals surface area (Å²) < 4.78 is 13.4. The van der Waals surface area contributed by atoms with E-state index in [9.17, 15) is 14.0 Å². The molecule has 2 amide bonds. The van der Waals surface area contributed by atoms with Crippen molar-refractivity contribution in [2.24, 2.45) is 5.73 Å². The Labute approximate surface area is 132 Å². The molecule has 0 saturated heterocycles. The minimum Gasteiger partial charge on any atom is -0.330 e. The predicted octanol–water partition coefficient (Wildman–Crippen LogP) is 2.15. The maximum absolute atomic E-state index is 13.4. The van der Waals surface area contributed by atoms with Crippen LogP contribution in [0.1, 0.15) is 23.2 Å². The van der Waals surface area contributed by atoms with Crippen LogP contribution >= 0.6 is 0 Å². The van der Waals surface area contributed by atoms with E-state index in [1.165, 1.54) is 18.3 Å². The summed E-state index contributed by atoms with van der Waals surface area (Å²) in [5, 5.41) is 5.21. The highest BCUT2D eigenvalue weighted by molar-refractivity contribution is 6.07. The van der Waals surface area contributed by atoms with Crippen LogP contribution in [0.15, 0.2) is 42.7 Å². The number of nitrogens with zero attached hydrogens (tertiary/aromatic N) is 1. The standard InChI is InChI=1S/C16H17FN4O2/c17-12-5-6-13(14(9-12)20-15(22)4-1-7-18)21-16(23)11-3-2-8-19-10-11/h2-3,5-6,8-10H,1,4,7,18H2,(H,20,22)(H,21,23). The highest BCUT2D eigenvalue weighted by Gasteiger charge is 2.12. The Morgan fingerprint density at radius 1 is 1.17 bits per heavy atom. The van der Waals surface area contributed by atoms with E-state index in [0.29, 0.717) is 24.2 Å². The van der Waals surface area contributed by atoms with E-state index in [4.69, 9.17) is 5.73 Å². The number of anilines is 2. The first-order valence-corrected chi connectivity index (χ1v) is 7.11. The number of rotatable bonds is 6. The molecular formula is C16H17FN4O2. The molecule has 2 aromatic rings. The monoisotopic (exact) mass is 316 g/mol. The van der Waals surface area contributed by atoms with Gasteiger partial charge in [0, 0.05) is 18.8 Å². The van der Waals surface area contributed by atoms with E-state index in [-0.39, 0.29) is 18.0 Å². The van der Waals surface area contributed by atoms with Crippen molar-refractivity contribution in [2.75, 3.05) is 17.2 Å². The lowest BCUT2D eigenvalue weighted by Crippen LogP contribution is -2.17. The van der Waals surface area contributed by atoms with E-state index < -0.39 is 11.7 Å². The van der Waals surface area contributed by atoms with Crippen LogP contribution in [0.25, 0.3) is 0 Å². The number of hydrogen-bond donors (Lipinski definition) is 3. The molecule has 23 heavy (non-hydrogen) atoms. The number of carbonyl (C=O) groups is 2. The summed E-state index contributed by atoms with van der Waals surface area (Å²) >= 11 is 0. The molecule has 2 rings (SSSR count). The normalized spacial score (nSPS) is 10.2. The molecule has 0 unspecified atom stereocenters. The first kappa shape index (κ1) is 16.6. The van der Waals surface area contributed by atoms with Gasteiger partial charge < -0.3 is 16.4 Å². The van der Waals surface area contributed by atoms with Crippen LogP contribution in [0.4, 0.5) is 15.8 Å². The molecule has 4 N–H and O–H groups in total. The van der Waals surface area contributed by atoms with Crippen LogP contribution in [0.2, 0.25) is 0 Å². The zero-order valence-electron chi connectivity index (χ0n) is 12.4. The number of hydrogen-bond acceptors (Lipinski definition) is 4. The largest absolute Gasteiger partial charge is 0.330 e. The van der Waals surface area contributed by atoms with Gasteiger partial charge in [-0.2, -0.15) is 0 Å². The highest BCUT2D eigenvalue weighted by Crippen LogP contribution is 2.23. The van der Waals surface area contributed by atoms with Crippen molar-refractivity contribution in [3.8, 4) is 0 Å². The number of nitrogens with one attached hydrogen (secondary N) is 2. The molecule has 0 fully saturated rings. The molecule has 0 aliphatic heterocycles. The van der Waals surface area contributed by atoms with Crippen molar-refractivity contribution >= 4 is 23.2 Å². The lowest BCUT2D eigenvalue weighted by molar-refractivity contribution is -0.116. The van der Waals surface area contributed by atoms with Crippen molar-refractivity contribution in [3.63, 3.8) is 0 Å². The van der Waals surface area contributed by atoms with Gasteiger partial charge in [0.15, 0.2) is 0 Å². The van der Waals surface area contributed by atoms with Crippen molar-refractivity contribution in [3.05, 3.63) is 54.1 Å². The topological polar surface area (TPSA) is 97.1 Å². The molecule has 1 aromatic heterocycles. The van der Waals surface area contributed by atoms with Crippen molar-refractivity contribution in [2.45, 2.75) is 12.8 Å². The Morgan fingerprint density at radius 3 is 2.70 bits per heavy atom. The van der Waals surface area contributed by atoms with E-state index in [2.05, 4.69) is 15.6 Å². The third-order valence-electron chi connectivity index (χ3n) is 3.04. The summed E-state index contributed by atoms with van der Waals surface area (Å²) in [6.07, 6.45) is 3.72. The fourth-order valence-electron chi connectivity index (χ4n) is 1.90. The summed E-state index contributed by atoms with van der Waals surface area (Å²) in [5.74, 6) is -1.21. The number of carbonyl (C=O) groups excluding carboxylic acids is 2. The molecule has 6 nitrogen and oxygen atoms in total. The predicted molar refractivity (Wildman–Crippen MR) is 85.5 cm³/mol. The quantitative estimate of drug-likeness (QED) is 0.760. The van der Waals surface area contributed by atoms with E-state index in [0.717, 1.165) is 6.07 Å². The van der Waals surface area contributed by atoms with Crippen LogP contribution in [-0.2, 0) is 4.79 Å². The van der Waals surface area contributed by atoms with Crippen molar-refractivity contribution in [1.82, 2.24) is 4.98 Å². The van der Waals surface area contributed by atoms with Crippen LogP contribution in [-0.4, -0.2) is 23.3 Å². The fraction of sp³-hybridized carbons (Fsp3) is 0.188. The SMILES string of the molecule is NCCCC(=O)Nc1cc(F)ccc1NC(=O)c1cccnc1. The molecule has 0 saturated carbocycles. The zero-order chi connectivity index (χ0) is 16.7. The number of benzene rings is 1. The summed E-state index contributed by atoms with van der Waals surface area (Å²) in [5.41, 5.74) is 6.22. The average molecular weight is 316 g/mol. The smallest absolute Gasteiger partial charge is 0.257 e. The van der Waals surface area contributed by atoms with Crippen LogP contribution < -0.4 is 16.4 Å². The second kappa shape index (κ2) is 8.00. The summed E-state index contributed by atoms with van der Waals surface area (Å²) in [6, 6.07) is 6.98. The molecule has 120 valence electrons. The van der Waals surface area contributed by atoms with Gasteiger partial charge in [-0.05, 0) is 43.3 Å². The average Bonchev–Trinajstić information content (AvgIpc) is 2.56. The van der Waals surface area contributed by atoms with Crippen molar-refractivity contribution < 1.29 is 14.0 Å². The third-order valence-corrected chi connectivity index (χ3v) is 3.04. The lowest BCUT2D eigenvalue weighted by Gasteiger charge is -2.12. The molecular weight excluding hydrogens is 299 g/mol. The number of pyridine rings is 1. The second-order valence-electron chi connectivity index (χ2n) is 4.83. The third kappa shape index (κ3) is 4.86. The molecule has 1 heterocycles. The molecule has 0 aliphatic carbocycles. The van der Waals surface area contributed by atoms with E-state index in [1.807, 2.05) is 0 Å². The Kier molecular flexibility index (Phi) is 5.76. The van der Waals surface area contributed by atoms with Crippen LogP contribution in [0, 0.1) is 5.82 Å². The van der Waals surface area contributed by atoms with Gasteiger partial charge in [0.05, 0.1) is 16.9 Å². The minimum absolute atomic E-state index is 0.198. The molecule has 0 aliphatic rings. The zero-order valence-corrected chi connectivity index (χ0v) is 12.4. The van der Waals surface area contributed by atoms with Gasteiger partial charge in [-0.15, -0.1) is 0 Å². The Hall–Kier alpha value is -2.80. The first-order chi connectivity index (χ1) is 11.1. The first-order valence-electron chi connectivity index (χ1n) is 7.11. The minimum atomic E-state index is -0.515. The second-order valence-corrected chi connectivity index (χ2v) is 4.83. The maximum Gasteiger partial charge on any atom is 0.257 e. The van der Waals surface area contributed by atoms with Gasteiger partial charge >= 0.3 is 0 Å². The molecule has 7 heteroatoms. The van der Waals surface area contributed by atoms with Gasteiger partial charge in [-0.1, -0.05) is 0 Å². The lowest BCUT2D eigenvalue weighted by atomic mass is 10.2. The van der Waals surface area contributed by atoms with Gasteiger partial charge in [-0.25, -0.2) is 4.39 Å². The number of amides is 2. The molecule has 0 atom stereocenters. The Bertz CT molecular complexity index is 692. The number of nitrogens with two attached hydrogens (primary N) is 1. The van der Waals surface area contributed by atoms with Gasteiger partial charge in [0.2, 0.25) is 5.91 Å². The number of aromatic nitrogens is 1. The highest BCUT2D eigenvalue weighted by atomic mass is 19.1. The summed E-state index contributed by atoms with van der Waals surface area (Å²) in [4.78, 5) is 27.8. The molecule has 1 aromatic carbocycles. The van der Waals surface area contributed by atoms with Crippen molar-refractivity contribution in [1.29, 1.82) is 0 Å². The summed E-state index contributed by atoms with van der Waals surface area (Å²) in [7, 11) is 0. The Balaban J connectivity index is 2.15. The Morgan fingerprint density at radius 2 is 2.00 bits per heavy atom.